The molecule has 2 rings (SSSR count). The predicted octanol–water partition coefficient (Wildman–Crippen LogP) is 1.88. The fraction of sp³-hybridized carbons (Fsp3) is 0.531. The molecule has 1 aliphatic rings. The van der Waals surface area contributed by atoms with E-state index in [0.29, 0.717) is 24.9 Å². The van der Waals surface area contributed by atoms with Gasteiger partial charge in [-0.15, -0.1) is 0 Å². The molecule has 1 heterocycles. The fourth-order valence-corrected chi connectivity index (χ4v) is 4.31. The van der Waals surface area contributed by atoms with Crippen molar-refractivity contribution in [1.29, 1.82) is 0 Å². The molecule has 0 radical (unpaired) electrons. The van der Waals surface area contributed by atoms with E-state index in [9.17, 15) is 33.6 Å². The molecular formula is C32H46N6O8. The molecule has 0 aliphatic carbocycles. The van der Waals surface area contributed by atoms with Crippen LogP contribution in [-0.4, -0.2) is 71.6 Å². The Morgan fingerprint density at radius 3 is 2.09 bits per heavy atom. The largest absolute Gasteiger partial charge is 0.460 e. The number of unbranched alkanes of at least 4 members (excludes halogenated alkanes) is 1. The Morgan fingerprint density at radius 1 is 0.891 bits per heavy atom. The third-order valence-electron chi connectivity index (χ3n) is 7.01. The number of benzene rings is 1. The Hall–Kier alpha value is -4.75. The fourth-order valence-electron chi connectivity index (χ4n) is 4.31. The number of ether oxygens (including phenoxy) is 1. The van der Waals surface area contributed by atoms with Crippen molar-refractivity contribution >= 4 is 47.2 Å². The molecule has 1 aromatic rings. The maximum absolute atomic E-state index is 13.3. The number of nitrogens with one attached hydrogen (secondary N) is 4. The lowest BCUT2D eigenvalue weighted by Gasteiger charge is -2.25. The molecule has 0 saturated carbocycles. The van der Waals surface area contributed by atoms with Crippen molar-refractivity contribution in [3.8, 4) is 0 Å². The van der Waals surface area contributed by atoms with Crippen LogP contribution in [0.25, 0.3) is 0 Å². The molecule has 0 saturated heterocycles. The van der Waals surface area contributed by atoms with Crippen molar-refractivity contribution in [1.82, 2.24) is 20.9 Å². The lowest BCUT2D eigenvalue weighted by molar-refractivity contribution is -0.154. The van der Waals surface area contributed by atoms with Gasteiger partial charge in [0.1, 0.15) is 18.7 Å². The van der Waals surface area contributed by atoms with E-state index in [4.69, 9.17) is 10.5 Å². The quantitative estimate of drug-likeness (QED) is 0.0961. The van der Waals surface area contributed by atoms with Gasteiger partial charge in [0.15, 0.2) is 0 Å². The highest BCUT2D eigenvalue weighted by Crippen LogP contribution is 2.18. The first-order valence-corrected chi connectivity index (χ1v) is 15.3. The van der Waals surface area contributed by atoms with Crippen molar-refractivity contribution in [2.75, 3.05) is 18.4 Å². The lowest BCUT2D eigenvalue weighted by Crippen LogP contribution is -2.54. The summed E-state index contributed by atoms with van der Waals surface area (Å²) in [5, 5.41) is 10.7. The molecule has 0 bridgehead atoms. The van der Waals surface area contributed by atoms with Gasteiger partial charge in [-0.05, 0) is 70.1 Å². The summed E-state index contributed by atoms with van der Waals surface area (Å²) in [5.41, 5.74) is 5.67. The van der Waals surface area contributed by atoms with Gasteiger partial charge in [0.2, 0.25) is 17.7 Å². The summed E-state index contributed by atoms with van der Waals surface area (Å²) in [6.45, 7) is 9.25. The van der Waals surface area contributed by atoms with Crippen LogP contribution in [0.4, 0.5) is 10.5 Å². The summed E-state index contributed by atoms with van der Waals surface area (Å²) < 4.78 is 5.32. The van der Waals surface area contributed by atoms with E-state index in [2.05, 4.69) is 21.3 Å². The number of carbonyl (C=O) groups excluding carboxylic acids is 7. The number of amides is 7. The van der Waals surface area contributed by atoms with Crippen LogP contribution in [0.2, 0.25) is 0 Å². The van der Waals surface area contributed by atoms with Crippen molar-refractivity contribution < 1.29 is 38.3 Å². The zero-order valence-electron chi connectivity index (χ0n) is 27.1. The number of rotatable bonds is 17. The molecule has 46 heavy (non-hydrogen) atoms. The molecule has 14 heteroatoms. The molecule has 1 aromatic carbocycles. The minimum Gasteiger partial charge on any atom is -0.460 e. The summed E-state index contributed by atoms with van der Waals surface area (Å²) in [4.78, 5) is 86.8. The molecule has 14 nitrogen and oxygen atoms in total. The van der Waals surface area contributed by atoms with Crippen LogP contribution in [0.3, 0.4) is 0 Å². The maximum atomic E-state index is 13.3. The average Bonchev–Trinajstić information content (AvgIpc) is 3.30. The van der Waals surface area contributed by atoms with Gasteiger partial charge in [-0.1, -0.05) is 26.0 Å². The molecule has 0 unspecified atom stereocenters. The zero-order chi connectivity index (χ0) is 34.4. The van der Waals surface area contributed by atoms with Crippen molar-refractivity contribution in [3.05, 3.63) is 42.0 Å². The summed E-state index contributed by atoms with van der Waals surface area (Å²) >= 11 is 0. The summed E-state index contributed by atoms with van der Waals surface area (Å²) in [6.07, 6.45) is 3.80. The van der Waals surface area contributed by atoms with Gasteiger partial charge in [0.05, 0.1) is 5.41 Å². The molecule has 1 aliphatic heterocycles. The summed E-state index contributed by atoms with van der Waals surface area (Å²) in [7, 11) is 0. The second-order valence-corrected chi connectivity index (χ2v) is 12.4. The number of carbonyl (C=O) groups is 7. The Kier molecular flexibility index (Phi) is 14.4. The van der Waals surface area contributed by atoms with Gasteiger partial charge >= 0.3 is 12.0 Å². The number of primary amides is 1. The smallest absolute Gasteiger partial charge is 0.312 e. The first-order chi connectivity index (χ1) is 21.6. The molecular weight excluding hydrogens is 596 g/mol. The lowest BCUT2D eigenvalue weighted by atomic mass is 9.97. The van der Waals surface area contributed by atoms with Crippen LogP contribution >= 0.6 is 0 Å². The van der Waals surface area contributed by atoms with Gasteiger partial charge in [0.25, 0.3) is 11.8 Å². The van der Waals surface area contributed by atoms with Gasteiger partial charge < -0.3 is 31.7 Å². The monoisotopic (exact) mass is 642 g/mol. The highest BCUT2D eigenvalue weighted by Gasteiger charge is 2.29. The van der Waals surface area contributed by atoms with E-state index < -0.39 is 35.3 Å². The molecule has 252 valence electrons. The number of imide groups is 1. The van der Waals surface area contributed by atoms with E-state index in [1.165, 1.54) is 12.2 Å². The van der Waals surface area contributed by atoms with E-state index in [1.54, 1.807) is 58.9 Å². The number of nitrogens with two attached hydrogens (primary N) is 1. The van der Waals surface area contributed by atoms with E-state index in [0.717, 1.165) is 10.5 Å². The Morgan fingerprint density at radius 2 is 1.52 bits per heavy atom. The van der Waals surface area contributed by atoms with Crippen LogP contribution in [-0.2, 0) is 40.1 Å². The summed E-state index contributed by atoms with van der Waals surface area (Å²) in [6, 6.07) is 4.06. The Labute approximate surface area is 269 Å². The molecule has 0 spiro atoms. The van der Waals surface area contributed by atoms with Crippen molar-refractivity contribution in [3.63, 3.8) is 0 Å². The van der Waals surface area contributed by atoms with Crippen LogP contribution in [0.5, 0.6) is 0 Å². The Balaban J connectivity index is 1.98. The standard InChI is InChI=1S/C32H46N6O8/c1-20(2)27(37-24(39)10-6-7-18-38-25(40)15-16-26(38)41)29(43)36-23(9-8-17-34-31(33)45)28(42)35-22-13-11-21(12-14-22)19-46-30(44)32(3,4)5/h11-16,20,23,27H,6-10,17-19H2,1-5H3,(H,35,42)(H,36,43)(H,37,39)(H3,33,34,45)/t23-,27-/m1/s1. The van der Waals surface area contributed by atoms with Crippen LogP contribution < -0.4 is 27.0 Å². The van der Waals surface area contributed by atoms with Crippen LogP contribution in [0.1, 0.15) is 72.3 Å². The second kappa shape index (κ2) is 17.7. The molecule has 0 aromatic heterocycles. The highest BCUT2D eigenvalue weighted by atomic mass is 16.5. The molecule has 6 N–H and O–H groups in total. The van der Waals surface area contributed by atoms with E-state index in [1.807, 2.05) is 0 Å². The van der Waals surface area contributed by atoms with Crippen molar-refractivity contribution in [2.45, 2.75) is 85.4 Å². The normalized spacial score (nSPS) is 14.1. The summed E-state index contributed by atoms with van der Waals surface area (Å²) in [5.74, 6) is -2.86. The predicted molar refractivity (Wildman–Crippen MR) is 170 cm³/mol. The number of nitrogens with zero attached hydrogens (tertiary/aromatic N) is 1. The third-order valence-corrected chi connectivity index (χ3v) is 7.01. The van der Waals surface area contributed by atoms with Gasteiger partial charge in [-0.3, -0.25) is 33.7 Å². The molecule has 0 fully saturated rings. The van der Waals surface area contributed by atoms with Crippen LogP contribution in [0.15, 0.2) is 36.4 Å². The third kappa shape index (κ3) is 12.7. The average molecular weight is 643 g/mol. The number of anilines is 1. The zero-order valence-corrected chi connectivity index (χ0v) is 27.1. The van der Waals surface area contributed by atoms with Gasteiger partial charge in [-0.25, -0.2) is 4.79 Å². The van der Waals surface area contributed by atoms with Crippen LogP contribution in [0, 0.1) is 11.3 Å². The number of esters is 1. The SMILES string of the molecule is CC(C)[C@@H](NC(=O)CCCCN1C(=O)C=CC1=O)C(=O)N[C@H](CCCNC(N)=O)C(=O)Nc1ccc(COC(=O)C(C)(C)C)cc1. The first-order valence-electron chi connectivity index (χ1n) is 15.3. The van der Waals surface area contributed by atoms with Gasteiger partial charge in [-0.2, -0.15) is 0 Å². The van der Waals surface area contributed by atoms with Gasteiger partial charge in [0, 0.05) is 37.3 Å². The maximum Gasteiger partial charge on any atom is 0.312 e. The van der Waals surface area contributed by atoms with E-state index >= 15 is 0 Å². The number of hydrogen-bond donors (Lipinski definition) is 5. The number of urea groups is 1. The minimum atomic E-state index is -1.00. The van der Waals surface area contributed by atoms with E-state index in [-0.39, 0.29) is 62.1 Å². The molecule has 2 atom stereocenters. The van der Waals surface area contributed by atoms with Crippen molar-refractivity contribution in [2.24, 2.45) is 17.1 Å². The molecule has 7 amide bonds. The minimum absolute atomic E-state index is 0.0768. The first kappa shape index (κ1) is 37.4. The number of hydrogen-bond acceptors (Lipinski definition) is 8. The topological polar surface area (TPSA) is 206 Å². The second-order valence-electron chi connectivity index (χ2n) is 12.4. The Bertz CT molecular complexity index is 1280. The highest BCUT2D eigenvalue weighted by molar-refractivity contribution is 6.12.